The highest BCUT2D eigenvalue weighted by molar-refractivity contribution is 6.33. The molecule has 0 amide bonds. The molecule has 0 rings (SSSR count). The van der Waals surface area contributed by atoms with Crippen LogP contribution in [0.25, 0.3) is 0 Å². The second kappa shape index (κ2) is 4.07. The summed E-state index contributed by atoms with van der Waals surface area (Å²) in [5, 5.41) is 0. The Hall–Kier alpha value is 0.0718. The Labute approximate surface area is 32.6 Å². The van der Waals surface area contributed by atoms with Crippen molar-refractivity contribution in [1.82, 2.24) is 0 Å². The van der Waals surface area contributed by atoms with Crippen molar-refractivity contribution in [3.63, 3.8) is 0 Å². The van der Waals surface area contributed by atoms with Crippen LogP contribution in [0.15, 0.2) is 0 Å². The molecule has 0 aromatic carbocycles. The van der Waals surface area contributed by atoms with Crippen LogP contribution in [0.5, 0.6) is 0 Å². The Morgan fingerprint density at radius 1 is 1.00 bits per heavy atom. The van der Waals surface area contributed by atoms with Crippen LogP contribution in [0.4, 0.5) is 12.9 Å². The van der Waals surface area contributed by atoms with Crippen molar-refractivity contribution in [2.24, 2.45) is 0 Å². The SMILES string of the molecule is FB(F)F.[SiH4]. The molecule has 0 spiro atoms. The van der Waals surface area contributed by atoms with Crippen LogP contribution in [-0.4, -0.2) is 18.5 Å². The van der Waals surface area contributed by atoms with Crippen molar-refractivity contribution >= 4 is 18.5 Å². The Kier molecular flexibility index (Phi) is 7.26. The highest BCUT2D eigenvalue weighted by atomic mass is 28.1. The maximum absolute atomic E-state index is 9.67. The van der Waals surface area contributed by atoms with E-state index in [0.29, 0.717) is 0 Å². The van der Waals surface area contributed by atoms with Gasteiger partial charge in [0.15, 0.2) is 0 Å². The minimum absolute atomic E-state index is 0. The molecule has 0 atom stereocenters. The lowest BCUT2D eigenvalue weighted by Crippen LogP contribution is -1.76. The fraction of sp³-hybridized carbons (Fsp3) is 0. The van der Waals surface area contributed by atoms with E-state index in [1.807, 2.05) is 0 Å². The molecular weight excluding hydrogens is 95.9 g/mol. The third-order valence-electron chi connectivity index (χ3n) is 0. The lowest BCUT2D eigenvalue weighted by atomic mass is 10.5. The van der Waals surface area contributed by atoms with Crippen LogP contribution < -0.4 is 0 Å². The lowest BCUT2D eigenvalue weighted by Gasteiger charge is -1.55. The van der Waals surface area contributed by atoms with Gasteiger partial charge in [0.1, 0.15) is 0 Å². The Balaban J connectivity index is 0. The van der Waals surface area contributed by atoms with E-state index in [1.165, 1.54) is 0 Å². The molecule has 0 heterocycles. The lowest BCUT2D eigenvalue weighted by molar-refractivity contribution is 0.535. The molecule has 32 valence electrons. The standard InChI is InChI=1S/BF3.H4Si/c2-1(3)4;/h;1H4. The second-order valence-corrected chi connectivity index (χ2v) is 0.247. The van der Waals surface area contributed by atoms with Crippen molar-refractivity contribution in [3.05, 3.63) is 0 Å². The average Bonchev–Trinajstić information content (AvgIpc) is 0.811. The first-order valence-electron chi connectivity index (χ1n) is 0.655. The summed E-state index contributed by atoms with van der Waals surface area (Å²) >= 11 is 0. The van der Waals surface area contributed by atoms with Gasteiger partial charge in [-0.1, -0.05) is 0 Å². The van der Waals surface area contributed by atoms with Gasteiger partial charge in [-0.2, -0.15) is 0 Å². The normalized spacial score (nSPS) is 5.40. The minimum Gasteiger partial charge on any atom is -0.254 e. The molecule has 5 heteroatoms. The van der Waals surface area contributed by atoms with Crippen LogP contribution in [-0.2, 0) is 0 Å². The Bertz CT molecular complexity index is 11.6. The maximum Gasteiger partial charge on any atom is 0.762 e. The molecule has 5 heavy (non-hydrogen) atoms. The molecule has 0 radical (unpaired) electrons. The highest BCUT2D eigenvalue weighted by Crippen LogP contribution is 1.80. The number of rotatable bonds is 0. The first-order valence-corrected chi connectivity index (χ1v) is 0.655. The van der Waals surface area contributed by atoms with Crippen molar-refractivity contribution in [1.29, 1.82) is 0 Å². The number of hydrogen-bond acceptors (Lipinski definition) is 0. The fourth-order valence-electron chi connectivity index (χ4n) is 0. The van der Waals surface area contributed by atoms with E-state index >= 15 is 0 Å². The maximum atomic E-state index is 9.67. The molecule has 0 aromatic rings. The highest BCUT2D eigenvalue weighted by Gasteiger charge is 2.06. The van der Waals surface area contributed by atoms with Crippen molar-refractivity contribution in [2.75, 3.05) is 0 Å². The molecule has 0 saturated heterocycles. The third-order valence-corrected chi connectivity index (χ3v) is 0. The molecule has 0 bridgehead atoms. The first-order chi connectivity index (χ1) is 1.73. The molecule has 0 aliphatic heterocycles. The minimum atomic E-state index is -3.67. The zero-order valence-electron chi connectivity index (χ0n) is 1.71. The number of halogens is 3. The molecule has 0 aliphatic rings. The number of hydrogen-bond donors (Lipinski definition) is 0. The smallest absolute Gasteiger partial charge is 0.254 e. The predicted octanol–water partition coefficient (Wildman–Crippen LogP) is -0.572. The van der Waals surface area contributed by atoms with Crippen molar-refractivity contribution in [3.8, 4) is 0 Å². The van der Waals surface area contributed by atoms with Gasteiger partial charge < -0.3 is 0 Å². The van der Waals surface area contributed by atoms with Crippen molar-refractivity contribution in [2.45, 2.75) is 0 Å². The molecule has 0 N–H and O–H groups in total. The third kappa shape index (κ3) is 3390. The zero-order chi connectivity index (χ0) is 3.58. The van der Waals surface area contributed by atoms with Crippen LogP contribution >= 0.6 is 0 Å². The molecule has 0 nitrogen and oxygen atoms in total. The van der Waals surface area contributed by atoms with E-state index < -0.39 is 7.54 Å². The van der Waals surface area contributed by atoms with Crippen LogP contribution in [0.1, 0.15) is 0 Å². The van der Waals surface area contributed by atoms with Gasteiger partial charge in [-0.25, -0.2) is 0 Å². The van der Waals surface area contributed by atoms with E-state index in [1.54, 1.807) is 0 Å². The topological polar surface area (TPSA) is 0 Å². The summed E-state index contributed by atoms with van der Waals surface area (Å²) in [7, 11) is -3.67. The van der Waals surface area contributed by atoms with Gasteiger partial charge >= 0.3 is 7.54 Å². The molecule has 0 aromatic heterocycles. The van der Waals surface area contributed by atoms with Gasteiger partial charge in [-0.05, 0) is 11.0 Å². The van der Waals surface area contributed by atoms with Crippen LogP contribution in [0, 0.1) is 0 Å². The summed E-state index contributed by atoms with van der Waals surface area (Å²) in [6.45, 7) is 0. The van der Waals surface area contributed by atoms with E-state index in [2.05, 4.69) is 0 Å². The average molecular weight is 99.9 g/mol. The largest absolute Gasteiger partial charge is 0.762 e. The molecule has 0 saturated carbocycles. The summed E-state index contributed by atoms with van der Waals surface area (Å²) in [4.78, 5) is 0. The van der Waals surface area contributed by atoms with E-state index in [0.717, 1.165) is 0 Å². The van der Waals surface area contributed by atoms with Gasteiger partial charge in [0.2, 0.25) is 0 Å². The van der Waals surface area contributed by atoms with E-state index in [9.17, 15) is 12.9 Å². The molecule has 0 fully saturated rings. The first kappa shape index (κ1) is 8.91. The van der Waals surface area contributed by atoms with Gasteiger partial charge in [-0.15, -0.1) is 0 Å². The second-order valence-electron chi connectivity index (χ2n) is 0.247. The summed E-state index contributed by atoms with van der Waals surface area (Å²) in [5.74, 6) is 0. The van der Waals surface area contributed by atoms with Crippen molar-refractivity contribution < 1.29 is 12.9 Å². The summed E-state index contributed by atoms with van der Waals surface area (Å²) < 4.78 is 29.0. The Morgan fingerprint density at radius 3 is 1.00 bits per heavy atom. The summed E-state index contributed by atoms with van der Waals surface area (Å²) in [6.07, 6.45) is 0. The van der Waals surface area contributed by atoms with Crippen LogP contribution in [0.3, 0.4) is 0 Å². The fourth-order valence-corrected chi connectivity index (χ4v) is 0. The summed E-state index contributed by atoms with van der Waals surface area (Å²) in [6, 6.07) is 0. The molecule has 0 aliphatic carbocycles. The molecule has 0 unspecified atom stereocenters. The quantitative estimate of drug-likeness (QED) is 0.357. The monoisotopic (exact) mass is 100 g/mol. The Morgan fingerprint density at radius 2 is 1.00 bits per heavy atom. The van der Waals surface area contributed by atoms with Gasteiger partial charge in [0.25, 0.3) is 0 Å². The van der Waals surface area contributed by atoms with E-state index in [-0.39, 0.29) is 11.0 Å². The zero-order valence-corrected chi connectivity index (χ0v) is 1.71. The van der Waals surface area contributed by atoms with Gasteiger partial charge in [-0.3, -0.25) is 12.9 Å². The van der Waals surface area contributed by atoms with Gasteiger partial charge in [0, 0.05) is 0 Å². The van der Waals surface area contributed by atoms with Crippen LogP contribution in [0.2, 0.25) is 0 Å². The van der Waals surface area contributed by atoms with E-state index in [4.69, 9.17) is 0 Å². The summed E-state index contributed by atoms with van der Waals surface area (Å²) in [5.41, 5.74) is 0. The van der Waals surface area contributed by atoms with Gasteiger partial charge in [0.05, 0.1) is 0 Å². The molecular formula is H4BF3Si. The predicted molar refractivity (Wildman–Crippen MR) is 20.4 cm³/mol.